The van der Waals surface area contributed by atoms with Crippen molar-refractivity contribution in [3.63, 3.8) is 0 Å². The number of anilines is 2. The van der Waals surface area contributed by atoms with Gasteiger partial charge in [-0.15, -0.1) is 0 Å². The van der Waals surface area contributed by atoms with Gasteiger partial charge in [-0.3, -0.25) is 10.1 Å². The molecule has 0 amide bonds. The molecule has 1 aliphatic heterocycles. The Balaban J connectivity index is 2.39. The van der Waals surface area contributed by atoms with Crippen molar-refractivity contribution in [1.82, 2.24) is 9.97 Å². The van der Waals surface area contributed by atoms with Crippen LogP contribution in [0.15, 0.2) is 0 Å². The predicted molar refractivity (Wildman–Crippen MR) is 82.7 cm³/mol. The van der Waals surface area contributed by atoms with Crippen molar-refractivity contribution in [3.8, 4) is 0 Å². The van der Waals surface area contributed by atoms with Crippen molar-refractivity contribution in [2.75, 3.05) is 30.4 Å². The molecule has 7 heteroatoms. The number of nitrogens with one attached hydrogen (secondary N) is 1. The molecule has 1 unspecified atom stereocenters. The van der Waals surface area contributed by atoms with E-state index in [1.54, 1.807) is 14.0 Å². The second kappa shape index (κ2) is 5.46. The van der Waals surface area contributed by atoms with Crippen molar-refractivity contribution in [2.24, 2.45) is 11.3 Å². The molecule has 1 saturated heterocycles. The minimum atomic E-state index is -0.380. The summed E-state index contributed by atoms with van der Waals surface area (Å²) in [7, 11) is 1.71. The van der Waals surface area contributed by atoms with Crippen molar-refractivity contribution in [3.05, 3.63) is 15.8 Å². The van der Waals surface area contributed by atoms with Crippen molar-refractivity contribution >= 4 is 17.5 Å². The summed E-state index contributed by atoms with van der Waals surface area (Å²) in [6.45, 7) is 9.87. The fraction of sp³-hybridized carbons (Fsp3) is 0.714. The number of hydrogen-bond donors (Lipinski definition) is 1. The minimum Gasteiger partial charge on any atom is -0.357 e. The zero-order valence-electron chi connectivity index (χ0n) is 13.3. The van der Waals surface area contributed by atoms with E-state index in [-0.39, 0.29) is 16.0 Å². The SMILES string of the molecule is CNc1nc(C)c([N+](=O)[O-])c(N2CCC(C(C)(C)C)C2)n1. The molecular weight excluding hydrogens is 270 g/mol. The van der Waals surface area contributed by atoms with E-state index in [4.69, 9.17) is 0 Å². The highest BCUT2D eigenvalue weighted by Gasteiger charge is 2.36. The molecule has 7 nitrogen and oxygen atoms in total. The normalized spacial score (nSPS) is 18.9. The molecule has 1 N–H and O–H groups in total. The van der Waals surface area contributed by atoms with E-state index in [9.17, 15) is 10.1 Å². The van der Waals surface area contributed by atoms with E-state index in [1.807, 2.05) is 4.90 Å². The van der Waals surface area contributed by atoms with Gasteiger partial charge in [-0.2, -0.15) is 4.98 Å². The minimum absolute atomic E-state index is 0.0172. The summed E-state index contributed by atoms with van der Waals surface area (Å²) in [6, 6.07) is 0. The molecule has 2 rings (SSSR count). The molecule has 0 bridgehead atoms. The van der Waals surface area contributed by atoms with Crippen LogP contribution in [0.1, 0.15) is 32.9 Å². The molecule has 1 fully saturated rings. The maximum Gasteiger partial charge on any atom is 0.332 e. The fourth-order valence-electron chi connectivity index (χ4n) is 2.76. The molecule has 1 atom stereocenters. The third kappa shape index (κ3) is 3.06. The second-order valence-corrected chi connectivity index (χ2v) is 6.61. The van der Waals surface area contributed by atoms with Gasteiger partial charge in [0.15, 0.2) is 0 Å². The predicted octanol–water partition coefficient (Wildman–Crippen LogP) is 2.61. The maximum absolute atomic E-state index is 11.4. The Morgan fingerprint density at radius 3 is 2.52 bits per heavy atom. The van der Waals surface area contributed by atoms with Crippen LogP contribution >= 0.6 is 0 Å². The van der Waals surface area contributed by atoms with E-state index in [2.05, 4.69) is 36.1 Å². The number of nitrogens with zero attached hydrogens (tertiary/aromatic N) is 4. The summed E-state index contributed by atoms with van der Waals surface area (Å²) >= 11 is 0. The molecule has 21 heavy (non-hydrogen) atoms. The number of aromatic nitrogens is 2. The number of aryl methyl sites for hydroxylation is 1. The lowest BCUT2D eigenvalue weighted by Gasteiger charge is -2.27. The quantitative estimate of drug-likeness (QED) is 0.681. The van der Waals surface area contributed by atoms with Crippen LogP contribution < -0.4 is 10.2 Å². The molecule has 0 aliphatic carbocycles. The first-order chi connectivity index (χ1) is 9.74. The van der Waals surface area contributed by atoms with Gasteiger partial charge in [-0.1, -0.05) is 20.8 Å². The monoisotopic (exact) mass is 293 g/mol. The van der Waals surface area contributed by atoms with Gasteiger partial charge >= 0.3 is 5.69 Å². The average molecular weight is 293 g/mol. The van der Waals surface area contributed by atoms with Gasteiger partial charge in [0.1, 0.15) is 5.69 Å². The standard InChI is InChI=1S/C14H23N5O2/c1-9-11(19(20)21)12(17-13(15-5)16-9)18-7-6-10(8-18)14(2,3)4/h10H,6-8H2,1-5H3,(H,15,16,17). The first kappa shape index (κ1) is 15.5. The molecule has 1 aromatic heterocycles. The third-order valence-corrected chi connectivity index (χ3v) is 4.16. The molecule has 116 valence electrons. The van der Waals surface area contributed by atoms with Crippen LogP contribution in [0.4, 0.5) is 17.5 Å². The molecule has 2 heterocycles. The summed E-state index contributed by atoms with van der Waals surface area (Å²) in [5.74, 6) is 1.36. The second-order valence-electron chi connectivity index (χ2n) is 6.61. The zero-order chi connectivity index (χ0) is 15.8. The molecule has 1 aliphatic rings. The Kier molecular flexibility index (Phi) is 4.02. The van der Waals surface area contributed by atoms with Crippen LogP contribution in [-0.2, 0) is 0 Å². The van der Waals surface area contributed by atoms with Crippen LogP contribution in [0.25, 0.3) is 0 Å². The molecule has 0 saturated carbocycles. The van der Waals surface area contributed by atoms with E-state index < -0.39 is 0 Å². The van der Waals surface area contributed by atoms with Gasteiger partial charge < -0.3 is 10.2 Å². The van der Waals surface area contributed by atoms with Crippen LogP contribution in [0.3, 0.4) is 0 Å². The lowest BCUT2D eigenvalue weighted by Crippen LogP contribution is -2.27. The number of hydrogen-bond acceptors (Lipinski definition) is 6. The maximum atomic E-state index is 11.4. The zero-order valence-corrected chi connectivity index (χ0v) is 13.3. The van der Waals surface area contributed by atoms with Gasteiger partial charge in [-0.05, 0) is 24.7 Å². The third-order valence-electron chi connectivity index (χ3n) is 4.16. The Labute approximate surface area is 124 Å². The van der Waals surface area contributed by atoms with Crippen molar-refractivity contribution in [2.45, 2.75) is 34.1 Å². The van der Waals surface area contributed by atoms with E-state index >= 15 is 0 Å². The lowest BCUT2D eigenvalue weighted by atomic mass is 9.80. The highest BCUT2D eigenvalue weighted by Crippen LogP contribution is 2.38. The van der Waals surface area contributed by atoms with Crippen molar-refractivity contribution in [1.29, 1.82) is 0 Å². The molecule has 1 aromatic rings. The smallest absolute Gasteiger partial charge is 0.332 e. The summed E-state index contributed by atoms with van der Waals surface area (Å²) < 4.78 is 0. The van der Waals surface area contributed by atoms with Gasteiger partial charge in [-0.25, -0.2) is 4.98 Å². The van der Waals surface area contributed by atoms with Crippen LogP contribution in [0.2, 0.25) is 0 Å². The van der Waals surface area contributed by atoms with Crippen LogP contribution in [-0.4, -0.2) is 35.0 Å². The lowest BCUT2D eigenvalue weighted by molar-refractivity contribution is -0.385. The first-order valence-corrected chi connectivity index (χ1v) is 7.19. The Hall–Kier alpha value is -1.92. The van der Waals surface area contributed by atoms with E-state index in [0.29, 0.717) is 23.4 Å². The summed E-state index contributed by atoms with van der Waals surface area (Å²) in [6.07, 6.45) is 1.03. The average Bonchev–Trinajstić information content (AvgIpc) is 2.86. The summed E-state index contributed by atoms with van der Waals surface area (Å²) in [5, 5.41) is 14.2. The molecule has 0 spiro atoms. The van der Waals surface area contributed by atoms with E-state index in [1.165, 1.54) is 0 Å². The van der Waals surface area contributed by atoms with E-state index in [0.717, 1.165) is 19.5 Å². The van der Waals surface area contributed by atoms with Crippen LogP contribution in [0.5, 0.6) is 0 Å². The Morgan fingerprint density at radius 1 is 1.38 bits per heavy atom. The fourth-order valence-corrected chi connectivity index (χ4v) is 2.76. The largest absolute Gasteiger partial charge is 0.357 e. The molecule has 0 radical (unpaired) electrons. The summed E-state index contributed by atoms with van der Waals surface area (Å²) in [4.78, 5) is 21.4. The van der Waals surface area contributed by atoms with Crippen LogP contribution in [0, 0.1) is 28.4 Å². The molecule has 0 aromatic carbocycles. The number of nitro groups is 1. The highest BCUT2D eigenvalue weighted by atomic mass is 16.6. The summed E-state index contributed by atoms with van der Waals surface area (Å²) in [5.41, 5.74) is 0.606. The van der Waals surface area contributed by atoms with Gasteiger partial charge in [0.05, 0.1) is 4.92 Å². The highest BCUT2D eigenvalue weighted by molar-refractivity contribution is 5.62. The van der Waals surface area contributed by atoms with Gasteiger partial charge in [0.25, 0.3) is 0 Å². The van der Waals surface area contributed by atoms with Gasteiger partial charge in [0.2, 0.25) is 11.8 Å². The van der Waals surface area contributed by atoms with Gasteiger partial charge in [0, 0.05) is 20.1 Å². The Morgan fingerprint density at radius 2 is 2.05 bits per heavy atom. The topological polar surface area (TPSA) is 84.2 Å². The Bertz CT molecular complexity index is 553. The number of rotatable bonds is 3. The molecular formula is C14H23N5O2. The first-order valence-electron chi connectivity index (χ1n) is 7.19. The van der Waals surface area contributed by atoms with Crippen molar-refractivity contribution < 1.29 is 4.92 Å².